The summed E-state index contributed by atoms with van der Waals surface area (Å²) in [5.74, 6) is -0.458. The van der Waals surface area contributed by atoms with Crippen LogP contribution < -0.4 is 19.7 Å². The number of hydrogen-bond donors (Lipinski definition) is 1. The Morgan fingerprint density at radius 2 is 1.61 bits per heavy atom. The highest BCUT2D eigenvalue weighted by Crippen LogP contribution is 2.32. The van der Waals surface area contributed by atoms with Gasteiger partial charge in [0.05, 0.1) is 12.3 Å². The zero-order valence-corrected chi connectivity index (χ0v) is 22.7. The maximum Gasteiger partial charge on any atom is 0.335 e. The standard InChI is InChI=1S/C27H22Br2N2O5/c1-3-35-24-14-18(6-11-23(24)36-15-17-4-7-19(28)8-5-17)13-21-25(32)30-27(34)31(26(21)33)22-10-9-20(29)12-16(22)2/h4-14H,3,15H2,1-2H3,(H,30,32,34)/b21-13-. The predicted octanol–water partition coefficient (Wildman–Crippen LogP) is 6.16. The first-order valence-corrected chi connectivity index (χ1v) is 12.7. The molecule has 36 heavy (non-hydrogen) atoms. The molecule has 1 fully saturated rings. The summed E-state index contributed by atoms with van der Waals surface area (Å²) in [6.45, 7) is 4.38. The molecule has 1 N–H and O–H groups in total. The summed E-state index contributed by atoms with van der Waals surface area (Å²) in [5.41, 5.74) is 2.47. The van der Waals surface area contributed by atoms with Crippen molar-refractivity contribution in [2.75, 3.05) is 11.5 Å². The van der Waals surface area contributed by atoms with E-state index in [0.717, 1.165) is 19.4 Å². The summed E-state index contributed by atoms with van der Waals surface area (Å²) in [6.07, 6.45) is 1.44. The van der Waals surface area contributed by atoms with E-state index in [1.54, 1.807) is 43.3 Å². The molecule has 3 aromatic carbocycles. The molecule has 1 heterocycles. The van der Waals surface area contributed by atoms with Crippen LogP contribution in [-0.4, -0.2) is 24.5 Å². The second kappa shape index (κ2) is 11.1. The molecule has 1 aliphatic rings. The summed E-state index contributed by atoms with van der Waals surface area (Å²) < 4.78 is 13.5. The normalized spacial score (nSPS) is 14.7. The van der Waals surface area contributed by atoms with Gasteiger partial charge in [-0.25, -0.2) is 9.69 Å². The first-order chi connectivity index (χ1) is 17.3. The molecule has 9 heteroatoms. The number of carbonyl (C=O) groups is 3. The molecular weight excluding hydrogens is 592 g/mol. The van der Waals surface area contributed by atoms with Crippen LogP contribution in [0.25, 0.3) is 6.08 Å². The van der Waals surface area contributed by atoms with Crippen LogP contribution in [0.1, 0.15) is 23.6 Å². The van der Waals surface area contributed by atoms with E-state index in [4.69, 9.17) is 9.47 Å². The quantitative estimate of drug-likeness (QED) is 0.255. The van der Waals surface area contributed by atoms with E-state index in [1.807, 2.05) is 31.2 Å². The van der Waals surface area contributed by atoms with Gasteiger partial charge in [0.15, 0.2) is 11.5 Å². The highest BCUT2D eigenvalue weighted by molar-refractivity contribution is 9.10. The summed E-state index contributed by atoms with van der Waals surface area (Å²) in [6, 6.07) is 17.3. The summed E-state index contributed by atoms with van der Waals surface area (Å²) >= 11 is 6.79. The van der Waals surface area contributed by atoms with Crippen LogP contribution in [0.5, 0.6) is 11.5 Å². The molecule has 0 bridgehead atoms. The van der Waals surface area contributed by atoms with Crippen molar-refractivity contribution in [2.24, 2.45) is 0 Å². The Morgan fingerprint density at radius 3 is 2.31 bits per heavy atom. The molecule has 1 saturated heterocycles. The number of benzene rings is 3. The summed E-state index contributed by atoms with van der Waals surface area (Å²) in [4.78, 5) is 39.3. The zero-order valence-electron chi connectivity index (χ0n) is 19.5. The molecular formula is C27H22Br2N2O5. The fraction of sp³-hybridized carbons (Fsp3) is 0.148. The van der Waals surface area contributed by atoms with Crippen molar-refractivity contribution in [3.8, 4) is 11.5 Å². The lowest BCUT2D eigenvalue weighted by Gasteiger charge is -2.27. The van der Waals surface area contributed by atoms with Gasteiger partial charge in [-0.3, -0.25) is 14.9 Å². The lowest BCUT2D eigenvalue weighted by molar-refractivity contribution is -0.122. The van der Waals surface area contributed by atoms with Crippen LogP contribution >= 0.6 is 31.9 Å². The number of barbiturate groups is 1. The second-order valence-electron chi connectivity index (χ2n) is 7.94. The molecule has 4 amide bonds. The molecule has 0 saturated carbocycles. The van der Waals surface area contributed by atoms with Crippen LogP contribution in [0.4, 0.5) is 10.5 Å². The van der Waals surface area contributed by atoms with Gasteiger partial charge in [-0.15, -0.1) is 0 Å². The van der Waals surface area contributed by atoms with E-state index in [2.05, 4.69) is 37.2 Å². The number of rotatable bonds is 7. The van der Waals surface area contributed by atoms with Crippen molar-refractivity contribution in [1.29, 1.82) is 0 Å². The Kier molecular flexibility index (Phi) is 7.91. The van der Waals surface area contributed by atoms with E-state index in [0.29, 0.717) is 41.5 Å². The first-order valence-electron chi connectivity index (χ1n) is 11.1. The number of anilines is 1. The van der Waals surface area contributed by atoms with Gasteiger partial charge >= 0.3 is 6.03 Å². The van der Waals surface area contributed by atoms with Crippen molar-refractivity contribution >= 4 is 61.5 Å². The zero-order chi connectivity index (χ0) is 25.8. The number of ether oxygens (including phenoxy) is 2. The molecule has 0 aromatic heterocycles. The number of nitrogens with one attached hydrogen (secondary N) is 1. The van der Waals surface area contributed by atoms with Crippen molar-refractivity contribution in [3.05, 3.63) is 91.9 Å². The summed E-state index contributed by atoms with van der Waals surface area (Å²) in [7, 11) is 0. The monoisotopic (exact) mass is 612 g/mol. The fourth-order valence-corrected chi connectivity index (χ4v) is 4.40. The number of amides is 4. The lowest BCUT2D eigenvalue weighted by atomic mass is 10.1. The van der Waals surface area contributed by atoms with Crippen molar-refractivity contribution in [1.82, 2.24) is 5.32 Å². The predicted molar refractivity (Wildman–Crippen MR) is 144 cm³/mol. The molecule has 1 aliphatic heterocycles. The molecule has 3 aromatic rings. The molecule has 184 valence electrons. The van der Waals surface area contributed by atoms with E-state index in [9.17, 15) is 14.4 Å². The smallest absolute Gasteiger partial charge is 0.335 e. The average Bonchev–Trinajstić information content (AvgIpc) is 2.83. The largest absolute Gasteiger partial charge is 0.490 e. The Bertz CT molecular complexity index is 1370. The molecule has 0 spiro atoms. The summed E-state index contributed by atoms with van der Waals surface area (Å²) in [5, 5.41) is 2.25. The minimum absolute atomic E-state index is 0.164. The van der Waals surface area contributed by atoms with Crippen molar-refractivity contribution < 1.29 is 23.9 Å². The van der Waals surface area contributed by atoms with Crippen molar-refractivity contribution in [3.63, 3.8) is 0 Å². The van der Waals surface area contributed by atoms with Gasteiger partial charge < -0.3 is 9.47 Å². The van der Waals surface area contributed by atoms with Gasteiger partial charge in [-0.05, 0) is 79.1 Å². The average molecular weight is 614 g/mol. The second-order valence-corrected chi connectivity index (χ2v) is 9.77. The number of hydrogen-bond acceptors (Lipinski definition) is 5. The first kappa shape index (κ1) is 25.7. The fourth-order valence-electron chi connectivity index (χ4n) is 3.66. The maximum atomic E-state index is 13.3. The SMILES string of the molecule is CCOc1cc(/C=C2/C(=O)NC(=O)N(c3ccc(Br)cc3C)C2=O)ccc1OCc1ccc(Br)cc1. The number of urea groups is 1. The lowest BCUT2D eigenvalue weighted by Crippen LogP contribution is -2.54. The van der Waals surface area contributed by atoms with Gasteiger partial charge in [0.2, 0.25) is 0 Å². The number of imide groups is 2. The Labute approximate surface area is 225 Å². The molecule has 0 atom stereocenters. The highest BCUT2D eigenvalue weighted by Gasteiger charge is 2.37. The highest BCUT2D eigenvalue weighted by atomic mass is 79.9. The van der Waals surface area contributed by atoms with Gasteiger partial charge in [0, 0.05) is 8.95 Å². The van der Waals surface area contributed by atoms with E-state index in [1.165, 1.54) is 6.08 Å². The van der Waals surface area contributed by atoms with Crippen molar-refractivity contribution in [2.45, 2.75) is 20.5 Å². The third-order valence-electron chi connectivity index (χ3n) is 5.39. The van der Waals surface area contributed by atoms with Gasteiger partial charge in [-0.2, -0.15) is 0 Å². The van der Waals surface area contributed by atoms with Crippen LogP contribution in [0.15, 0.2) is 75.2 Å². The molecule has 4 rings (SSSR count). The van der Waals surface area contributed by atoms with Crippen LogP contribution in [0.2, 0.25) is 0 Å². The number of nitrogens with zero attached hydrogens (tertiary/aromatic N) is 1. The number of aryl methyl sites for hydroxylation is 1. The Balaban J connectivity index is 1.62. The van der Waals surface area contributed by atoms with Crippen LogP contribution in [-0.2, 0) is 16.2 Å². The topological polar surface area (TPSA) is 84.9 Å². The van der Waals surface area contributed by atoms with E-state index in [-0.39, 0.29) is 5.57 Å². The third kappa shape index (κ3) is 5.68. The van der Waals surface area contributed by atoms with E-state index >= 15 is 0 Å². The molecule has 7 nitrogen and oxygen atoms in total. The minimum Gasteiger partial charge on any atom is -0.490 e. The minimum atomic E-state index is -0.792. The van der Waals surface area contributed by atoms with Gasteiger partial charge in [-0.1, -0.05) is 50.1 Å². The van der Waals surface area contributed by atoms with E-state index < -0.39 is 17.8 Å². The Morgan fingerprint density at radius 1 is 0.889 bits per heavy atom. The number of halogens is 2. The number of carbonyl (C=O) groups excluding carboxylic acids is 3. The maximum absolute atomic E-state index is 13.3. The Hall–Kier alpha value is -3.43. The molecule has 0 aliphatic carbocycles. The van der Waals surface area contributed by atoms with Crippen LogP contribution in [0, 0.1) is 6.92 Å². The van der Waals surface area contributed by atoms with Crippen LogP contribution in [0.3, 0.4) is 0 Å². The van der Waals surface area contributed by atoms with Gasteiger partial charge in [0.1, 0.15) is 12.2 Å². The molecule has 0 unspecified atom stereocenters. The molecule has 0 radical (unpaired) electrons. The third-order valence-corrected chi connectivity index (χ3v) is 6.41. The van der Waals surface area contributed by atoms with Gasteiger partial charge in [0.25, 0.3) is 11.8 Å².